The Bertz CT molecular complexity index is 294. The van der Waals surface area contributed by atoms with Gasteiger partial charge >= 0.3 is 6.09 Å². The molecule has 1 N–H and O–H groups in total. The van der Waals surface area contributed by atoms with Crippen molar-refractivity contribution in [3.8, 4) is 0 Å². The van der Waals surface area contributed by atoms with Crippen molar-refractivity contribution in [2.45, 2.75) is 0 Å². The molecule has 0 aromatic carbocycles. The number of hydrogen-bond acceptors (Lipinski definition) is 3. The zero-order chi connectivity index (χ0) is 11.2. The van der Waals surface area contributed by atoms with E-state index >= 15 is 0 Å². The predicted molar refractivity (Wildman–Crippen MR) is 49.8 cm³/mol. The molecular weight excluding hydrogens is 200 g/mol. The topological polar surface area (TPSA) is 70.1 Å². The van der Waals surface area contributed by atoms with Crippen LogP contribution in [0.4, 0.5) is 4.79 Å². The summed E-state index contributed by atoms with van der Waals surface area (Å²) in [4.78, 5) is 28.5. The van der Waals surface area contributed by atoms with Gasteiger partial charge in [0.25, 0.3) is 0 Å². The number of carbonyl (C=O) groups is 2. The van der Waals surface area contributed by atoms with Gasteiger partial charge in [-0.2, -0.15) is 0 Å². The molecular formula is C9H14N2O4. The van der Waals surface area contributed by atoms with Crippen LogP contribution in [-0.4, -0.2) is 54.3 Å². The Morgan fingerprint density at radius 1 is 1.40 bits per heavy atom. The van der Waals surface area contributed by atoms with Crippen molar-refractivity contribution in [3.63, 3.8) is 0 Å². The molecule has 84 valence electrons. The van der Waals surface area contributed by atoms with Crippen LogP contribution in [0.1, 0.15) is 0 Å². The average Bonchev–Trinajstić information content (AvgIpc) is 2.69. The van der Waals surface area contributed by atoms with Crippen molar-refractivity contribution < 1.29 is 19.5 Å². The van der Waals surface area contributed by atoms with Crippen molar-refractivity contribution in [2.24, 2.45) is 17.8 Å². The molecule has 0 aromatic rings. The lowest BCUT2D eigenvalue weighted by molar-refractivity contribution is -0.171. The summed E-state index contributed by atoms with van der Waals surface area (Å²) in [5.41, 5.74) is 0. The molecule has 3 atom stereocenters. The van der Waals surface area contributed by atoms with Crippen LogP contribution in [0.5, 0.6) is 0 Å². The van der Waals surface area contributed by atoms with Crippen LogP contribution in [0, 0.1) is 17.8 Å². The third-order valence-electron chi connectivity index (χ3n) is 3.33. The second-order valence-electron chi connectivity index (χ2n) is 4.06. The first kappa shape index (κ1) is 10.2. The maximum Gasteiger partial charge on any atom is 0.407 e. The minimum absolute atomic E-state index is 0.0365. The van der Waals surface area contributed by atoms with Crippen LogP contribution in [0.3, 0.4) is 0 Å². The molecule has 15 heavy (non-hydrogen) atoms. The Balaban J connectivity index is 1.89. The summed E-state index contributed by atoms with van der Waals surface area (Å²) >= 11 is 0. The number of piperidine rings is 1. The number of rotatable bonds is 2. The van der Waals surface area contributed by atoms with E-state index in [1.165, 1.54) is 17.1 Å². The van der Waals surface area contributed by atoms with E-state index in [9.17, 15) is 9.59 Å². The SMILES string of the molecule is CON(C)C(=O)C1C2CN(C(=O)O)C[C@H]21. The number of nitrogens with zero attached hydrogens (tertiary/aromatic N) is 2. The highest BCUT2D eigenvalue weighted by Gasteiger charge is 2.61. The van der Waals surface area contributed by atoms with Crippen LogP contribution in [0.25, 0.3) is 0 Å². The normalized spacial score (nSPS) is 32.4. The van der Waals surface area contributed by atoms with Gasteiger partial charge in [0.05, 0.1) is 13.0 Å². The van der Waals surface area contributed by atoms with E-state index in [0.717, 1.165) is 0 Å². The van der Waals surface area contributed by atoms with E-state index in [1.54, 1.807) is 7.05 Å². The molecule has 1 aliphatic carbocycles. The molecule has 0 radical (unpaired) electrons. The number of carboxylic acid groups (broad SMARTS) is 1. The fourth-order valence-corrected chi connectivity index (χ4v) is 2.35. The highest BCUT2D eigenvalue weighted by molar-refractivity contribution is 5.82. The maximum atomic E-state index is 11.7. The summed E-state index contributed by atoms with van der Waals surface area (Å²) in [7, 11) is 3.02. The van der Waals surface area contributed by atoms with Crippen LogP contribution in [-0.2, 0) is 9.63 Å². The van der Waals surface area contributed by atoms with Gasteiger partial charge in [-0.05, 0) is 11.8 Å². The average molecular weight is 214 g/mol. The molecule has 1 saturated heterocycles. The number of hydroxylamine groups is 2. The molecule has 2 aliphatic rings. The van der Waals surface area contributed by atoms with Crippen LogP contribution >= 0.6 is 0 Å². The van der Waals surface area contributed by atoms with Crippen molar-refractivity contribution >= 4 is 12.0 Å². The van der Waals surface area contributed by atoms with Crippen molar-refractivity contribution in [1.82, 2.24) is 9.96 Å². The van der Waals surface area contributed by atoms with Gasteiger partial charge in [-0.1, -0.05) is 0 Å². The summed E-state index contributed by atoms with van der Waals surface area (Å²) < 4.78 is 0. The van der Waals surface area contributed by atoms with Gasteiger partial charge in [-0.15, -0.1) is 0 Å². The van der Waals surface area contributed by atoms with E-state index < -0.39 is 6.09 Å². The van der Waals surface area contributed by atoms with Crippen LogP contribution in [0.15, 0.2) is 0 Å². The second-order valence-corrected chi connectivity index (χ2v) is 4.06. The largest absolute Gasteiger partial charge is 0.465 e. The lowest BCUT2D eigenvalue weighted by Gasteiger charge is -2.18. The smallest absolute Gasteiger partial charge is 0.407 e. The molecule has 0 aromatic heterocycles. The van der Waals surface area contributed by atoms with Crippen molar-refractivity contribution in [3.05, 3.63) is 0 Å². The number of carbonyl (C=O) groups excluding carboxylic acids is 1. The molecule has 2 fully saturated rings. The Morgan fingerprint density at radius 2 is 1.93 bits per heavy atom. The highest BCUT2D eigenvalue weighted by Crippen LogP contribution is 2.52. The molecule has 2 rings (SSSR count). The van der Waals surface area contributed by atoms with E-state index in [2.05, 4.69) is 0 Å². The van der Waals surface area contributed by atoms with Gasteiger partial charge in [0.1, 0.15) is 0 Å². The molecule has 1 heterocycles. The molecule has 2 unspecified atom stereocenters. The first-order valence-electron chi connectivity index (χ1n) is 4.85. The summed E-state index contributed by atoms with van der Waals surface area (Å²) in [6.45, 7) is 0.960. The number of amides is 2. The number of fused-ring (bicyclic) bond motifs is 1. The zero-order valence-corrected chi connectivity index (χ0v) is 8.71. The Labute approximate surface area is 87.4 Å². The Morgan fingerprint density at radius 3 is 2.33 bits per heavy atom. The second kappa shape index (κ2) is 3.37. The minimum atomic E-state index is -0.895. The van der Waals surface area contributed by atoms with Gasteiger partial charge in [-0.3, -0.25) is 9.63 Å². The molecule has 0 bridgehead atoms. The third-order valence-corrected chi connectivity index (χ3v) is 3.33. The van der Waals surface area contributed by atoms with Gasteiger partial charge in [0, 0.05) is 20.1 Å². The van der Waals surface area contributed by atoms with Gasteiger partial charge < -0.3 is 10.0 Å². The van der Waals surface area contributed by atoms with E-state index in [4.69, 9.17) is 9.94 Å². The molecule has 6 heteroatoms. The first-order chi connectivity index (χ1) is 7.06. The standard InChI is InChI=1S/C9H14N2O4/c1-10(15-2)8(12)7-5-3-11(9(13)14)4-6(5)7/h5-7H,3-4H2,1-2H3,(H,13,14)/t5-,6?,7?/m1/s1. The van der Waals surface area contributed by atoms with Gasteiger partial charge in [0.15, 0.2) is 0 Å². The molecule has 1 saturated carbocycles. The summed E-state index contributed by atoms with van der Waals surface area (Å²) in [6.07, 6.45) is -0.895. The summed E-state index contributed by atoms with van der Waals surface area (Å²) in [5.74, 6) is 0.320. The lowest BCUT2D eigenvalue weighted by Crippen LogP contribution is -2.34. The summed E-state index contributed by atoms with van der Waals surface area (Å²) in [6, 6.07) is 0. The number of likely N-dealkylation sites (tertiary alicyclic amines) is 1. The molecule has 6 nitrogen and oxygen atoms in total. The van der Waals surface area contributed by atoms with Crippen molar-refractivity contribution in [1.29, 1.82) is 0 Å². The quantitative estimate of drug-likeness (QED) is 0.650. The Kier molecular flexibility index (Phi) is 2.30. The van der Waals surface area contributed by atoms with Crippen LogP contribution in [0.2, 0.25) is 0 Å². The maximum absolute atomic E-state index is 11.7. The van der Waals surface area contributed by atoms with E-state index in [-0.39, 0.29) is 23.7 Å². The van der Waals surface area contributed by atoms with Crippen LogP contribution < -0.4 is 0 Å². The first-order valence-corrected chi connectivity index (χ1v) is 4.85. The fraction of sp³-hybridized carbons (Fsp3) is 0.778. The van der Waals surface area contributed by atoms with Gasteiger partial charge in [-0.25, -0.2) is 9.86 Å². The van der Waals surface area contributed by atoms with Crippen molar-refractivity contribution in [2.75, 3.05) is 27.2 Å². The number of hydrogen-bond donors (Lipinski definition) is 1. The Hall–Kier alpha value is -1.30. The minimum Gasteiger partial charge on any atom is -0.465 e. The van der Waals surface area contributed by atoms with E-state index in [0.29, 0.717) is 13.1 Å². The third kappa shape index (κ3) is 1.54. The highest BCUT2D eigenvalue weighted by atomic mass is 16.7. The monoisotopic (exact) mass is 214 g/mol. The lowest BCUT2D eigenvalue weighted by atomic mass is 10.2. The molecule has 0 spiro atoms. The molecule has 1 aliphatic heterocycles. The zero-order valence-electron chi connectivity index (χ0n) is 8.71. The summed E-state index contributed by atoms with van der Waals surface area (Å²) in [5, 5.41) is 9.95. The predicted octanol–water partition coefficient (Wildman–Crippen LogP) is -0.138. The van der Waals surface area contributed by atoms with E-state index in [1.807, 2.05) is 0 Å². The van der Waals surface area contributed by atoms with Gasteiger partial charge in [0.2, 0.25) is 5.91 Å². The molecule has 2 amide bonds. The fourth-order valence-electron chi connectivity index (χ4n) is 2.35.